The van der Waals surface area contributed by atoms with Crippen LogP contribution in [0.15, 0.2) is 35.5 Å². The van der Waals surface area contributed by atoms with Gasteiger partial charge in [-0.05, 0) is 37.6 Å². The van der Waals surface area contributed by atoms with Crippen LogP contribution in [0.1, 0.15) is 17.0 Å². The van der Waals surface area contributed by atoms with E-state index in [-0.39, 0.29) is 18.4 Å². The van der Waals surface area contributed by atoms with E-state index in [0.29, 0.717) is 12.3 Å². The van der Waals surface area contributed by atoms with E-state index in [9.17, 15) is 9.59 Å². The van der Waals surface area contributed by atoms with Crippen LogP contribution in [0.3, 0.4) is 0 Å². The Hall–Kier alpha value is -2.41. The highest BCUT2D eigenvalue weighted by molar-refractivity contribution is 8.00. The molecule has 124 valence electrons. The minimum Gasteiger partial charge on any atom is -0.349 e. The smallest absolute Gasteiger partial charge is 0.240 e. The number of hydrogen-bond donors (Lipinski definition) is 1. The average Bonchev–Trinajstić information content (AvgIpc) is 2.56. The summed E-state index contributed by atoms with van der Waals surface area (Å²) in [4.78, 5) is 34.7. The molecule has 3 heterocycles. The number of rotatable bonds is 4. The molecule has 0 saturated carbocycles. The number of carbonyl (C=O) groups is 2. The zero-order chi connectivity index (χ0) is 17.1. The molecule has 0 spiro atoms. The number of anilines is 1. The Bertz CT molecular complexity index is 780. The molecule has 0 fully saturated rings. The van der Waals surface area contributed by atoms with Crippen molar-refractivity contribution in [2.75, 3.05) is 17.2 Å². The van der Waals surface area contributed by atoms with Crippen molar-refractivity contribution in [2.45, 2.75) is 25.4 Å². The van der Waals surface area contributed by atoms with Gasteiger partial charge in [-0.1, -0.05) is 17.8 Å². The Morgan fingerprint density at radius 2 is 2.21 bits per heavy atom. The summed E-state index contributed by atoms with van der Waals surface area (Å²) < 4.78 is 0. The molecule has 0 atom stereocenters. The van der Waals surface area contributed by atoms with Gasteiger partial charge in [0.05, 0.1) is 23.7 Å². The van der Waals surface area contributed by atoms with Gasteiger partial charge in [-0.15, -0.1) is 0 Å². The van der Waals surface area contributed by atoms with Crippen molar-refractivity contribution >= 4 is 29.3 Å². The maximum absolute atomic E-state index is 12.3. The molecule has 3 rings (SSSR count). The largest absolute Gasteiger partial charge is 0.349 e. The van der Waals surface area contributed by atoms with Crippen LogP contribution in [0.25, 0.3) is 0 Å². The number of amides is 2. The van der Waals surface area contributed by atoms with Crippen LogP contribution in [0.4, 0.5) is 5.69 Å². The Morgan fingerprint density at radius 1 is 1.38 bits per heavy atom. The van der Waals surface area contributed by atoms with E-state index in [1.54, 1.807) is 6.20 Å². The average molecular weight is 342 g/mol. The second-order valence-electron chi connectivity index (χ2n) is 5.60. The van der Waals surface area contributed by atoms with E-state index < -0.39 is 0 Å². The van der Waals surface area contributed by atoms with Gasteiger partial charge in [-0.3, -0.25) is 19.5 Å². The fourth-order valence-corrected chi connectivity index (χ4v) is 3.65. The predicted octanol–water partition coefficient (Wildman–Crippen LogP) is 1.85. The van der Waals surface area contributed by atoms with Gasteiger partial charge in [0.1, 0.15) is 11.6 Å². The summed E-state index contributed by atoms with van der Waals surface area (Å²) >= 11 is 1.42. The van der Waals surface area contributed by atoms with E-state index in [1.165, 1.54) is 16.7 Å². The summed E-state index contributed by atoms with van der Waals surface area (Å²) in [6.07, 6.45) is 1.68. The van der Waals surface area contributed by atoms with Crippen molar-refractivity contribution in [3.05, 3.63) is 47.4 Å². The second kappa shape index (κ2) is 7.00. The maximum Gasteiger partial charge on any atom is 0.240 e. The highest BCUT2D eigenvalue weighted by Crippen LogP contribution is 2.36. The maximum atomic E-state index is 12.3. The molecule has 6 nitrogen and oxygen atoms in total. The SMILES string of the molecule is Cc1cc(C)c2c(n1)SCC(=O)N2CC(=O)NCc1ccccn1. The van der Waals surface area contributed by atoms with Crippen LogP contribution in [0, 0.1) is 13.8 Å². The molecular formula is C17H18N4O2S. The highest BCUT2D eigenvalue weighted by Gasteiger charge is 2.29. The first kappa shape index (κ1) is 16.4. The summed E-state index contributed by atoms with van der Waals surface area (Å²) in [5.74, 6) is 0.0113. The third-order valence-corrected chi connectivity index (χ3v) is 4.63. The van der Waals surface area contributed by atoms with Crippen LogP contribution in [-0.2, 0) is 16.1 Å². The number of hydrogen-bond acceptors (Lipinski definition) is 5. The predicted molar refractivity (Wildman–Crippen MR) is 92.9 cm³/mol. The minimum atomic E-state index is -0.216. The lowest BCUT2D eigenvalue weighted by molar-refractivity contribution is -0.123. The molecule has 0 bridgehead atoms. The number of thioether (sulfide) groups is 1. The zero-order valence-electron chi connectivity index (χ0n) is 13.6. The molecule has 0 aromatic carbocycles. The highest BCUT2D eigenvalue weighted by atomic mass is 32.2. The quantitative estimate of drug-likeness (QED) is 0.918. The number of aryl methyl sites for hydroxylation is 2. The van der Waals surface area contributed by atoms with Gasteiger partial charge in [0.2, 0.25) is 11.8 Å². The molecule has 7 heteroatoms. The lowest BCUT2D eigenvalue weighted by atomic mass is 10.2. The molecule has 2 amide bonds. The van der Waals surface area contributed by atoms with Crippen LogP contribution >= 0.6 is 11.8 Å². The zero-order valence-corrected chi connectivity index (χ0v) is 14.4. The molecule has 2 aromatic rings. The molecule has 1 aliphatic heterocycles. The lowest BCUT2D eigenvalue weighted by Crippen LogP contribution is -2.43. The number of carbonyl (C=O) groups excluding carboxylic acids is 2. The Balaban J connectivity index is 1.73. The van der Waals surface area contributed by atoms with Gasteiger partial charge in [-0.25, -0.2) is 4.98 Å². The normalized spacial score (nSPS) is 13.6. The third kappa shape index (κ3) is 3.56. The van der Waals surface area contributed by atoms with Gasteiger partial charge >= 0.3 is 0 Å². The molecule has 2 aromatic heterocycles. The Morgan fingerprint density at radius 3 is 2.96 bits per heavy atom. The topological polar surface area (TPSA) is 75.2 Å². The number of nitrogens with zero attached hydrogens (tertiary/aromatic N) is 3. The van der Waals surface area contributed by atoms with Crippen LogP contribution in [0.5, 0.6) is 0 Å². The first-order valence-corrected chi connectivity index (χ1v) is 8.61. The monoisotopic (exact) mass is 342 g/mol. The number of pyridine rings is 2. The Labute approximate surface area is 144 Å². The minimum absolute atomic E-state index is 0.00912. The van der Waals surface area contributed by atoms with Crippen molar-refractivity contribution in [1.29, 1.82) is 0 Å². The van der Waals surface area contributed by atoms with Crippen molar-refractivity contribution in [1.82, 2.24) is 15.3 Å². The number of aromatic nitrogens is 2. The second-order valence-corrected chi connectivity index (χ2v) is 6.56. The molecule has 0 saturated heterocycles. The van der Waals surface area contributed by atoms with Gasteiger partial charge in [0.15, 0.2) is 0 Å². The Kier molecular flexibility index (Phi) is 4.80. The number of fused-ring (bicyclic) bond motifs is 1. The standard InChI is InChI=1S/C17H18N4O2S/c1-11-7-12(2)20-17-16(11)21(15(23)10-24-17)9-14(22)19-8-13-5-3-4-6-18-13/h3-7H,8-10H2,1-2H3,(H,19,22). The van der Waals surface area contributed by atoms with Crippen molar-refractivity contribution < 1.29 is 9.59 Å². The van der Waals surface area contributed by atoms with E-state index >= 15 is 0 Å². The van der Waals surface area contributed by atoms with Crippen molar-refractivity contribution in [3.63, 3.8) is 0 Å². The first-order valence-electron chi connectivity index (χ1n) is 7.62. The van der Waals surface area contributed by atoms with Crippen molar-refractivity contribution in [3.8, 4) is 0 Å². The van der Waals surface area contributed by atoms with Gasteiger partial charge in [-0.2, -0.15) is 0 Å². The van der Waals surface area contributed by atoms with E-state index in [2.05, 4.69) is 15.3 Å². The van der Waals surface area contributed by atoms with Crippen molar-refractivity contribution in [2.24, 2.45) is 0 Å². The molecule has 0 aliphatic carbocycles. The van der Waals surface area contributed by atoms with Gasteiger partial charge in [0.25, 0.3) is 0 Å². The third-order valence-electron chi connectivity index (χ3n) is 3.68. The lowest BCUT2D eigenvalue weighted by Gasteiger charge is -2.29. The molecule has 0 unspecified atom stereocenters. The van der Waals surface area contributed by atoms with E-state index in [1.807, 2.05) is 38.1 Å². The molecule has 0 radical (unpaired) electrons. The van der Waals surface area contributed by atoms with Crippen LogP contribution in [0.2, 0.25) is 0 Å². The summed E-state index contributed by atoms with van der Waals surface area (Å²) in [5.41, 5.74) is 3.39. The van der Waals surface area contributed by atoms with E-state index in [4.69, 9.17) is 0 Å². The molecule has 1 aliphatic rings. The molecule has 1 N–H and O–H groups in total. The van der Waals surface area contributed by atoms with Crippen LogP contribution < -0.4 is 10.2 Å². The first-order chi connectivity index (χ1) is 11.5. The summed E-state index contributed by atoms with van der Waals surface area (Å²) in [7, 11) is 0. The van der Waals surface area contributed by atoms with Gasteiger partial charge in [0, 0.05) is 11.9 Å². The summed E-state index contributed by atoms with van der Waals surface area (Å²) in [6.45, 7) is 4.19. The fraction of sp³-hybridized carbons (Fsp3) is 0.294. The molecular weight excluding hydrogens is 324 g/mol. The number of nitrogens with one attached hydrogen (secondary N) is 1. The fourth-order valence-electron chi connectivity index (χ4n) is 2.62. The molecule has 24 heavy (non-hydrogen) atoms. The van der Waals surface area contributed by atoms with Gasteiger partial charge < -0.3 is 5.32 Å². The summed E-state index contributed by atoms with van der Waals surface area (Å²) in [5, 5.41) is 3.62. The van der Waals surface area contributed by atoms with Crippen LogP contribution in [-0.4, -0.2) is 34.1 Å². The summed E-state index contributed by atoms with van der Waals surface area (Å²) in [6, 6.07) is 7.46. The van der Waals surface area contributed by atoms with E-state index in [0.717, 1.165) is 27.7 Å².